The van der Waals surface area contributed by atoms with E-state index in [1.807, 2.05) is 30.3 Å². The van der Waals surface area contributed by atoms with Crippen LogP contribution in [0.25, 0.3) is 0 Å². The topological polar surface area (TPSA) is 50.7 Å². The maximum Gasteiger partial charge on any atom is 0.180 e. The van der Waals surface area contributed by atoms with Gasteiger partial charge in [0, 0.05) is 5.75 Å². The van der Waals surface area contributed by atoms with Gasteiger partial charge in [0.05, 0.1) is 11.8 Å². The van der Waals surface area contributed by atoms with Crippen molar-refractivity contribution >= 4 is 23.1 Å². The Labute approximate surface area is 133 Å². The lowest BCUT2D eigenvalue weighted by Crippen LogP contribution is -2.06. The van der Waals surface area contributed by atoms with Gasteiger partial charge in [-0.25, -0.2) is 4.39 Å². The number of hydrogen-bond acceptors (Lipinski definition) is 3. The minimum atomic E-state index is -0.457. The molecule has 0 unspecified atom stereocenters. The van der Waals surface area contributed by atoms with Gasteiger partial charge in [0.2, 0.25) is 0 Å². The zero-order chi connectivity index (χ0) is 15.8. The molecule has 2 aromatic rings. The van der Waals surface area contributed by atoms with Crippen molar-refractivity contribution < 1.29 is 4.39 Å². The first-order chi connectivity index (χ1) is 10.7. The van der Waals surface area contributed by atoms with Crippen LogP contribution in [0, 0.1) is 18.2 Å². The van der Waals surface area contributed by atoms with Crippen LogP contribution in [0.3, 0.4) is 0 Å². The molecule has 0 saturated carbocycles. The molecular formula is C17H14FN3S. The maximum atomic E-state index is 13.5. The van der Waals surface area contributed by atoms with Gasteiger partial charge in [-0.2, -0.15) is 5.10 Å². The molecule has 0 spiro atoms. The number of benzene rings is 2. The van der Waals surface area contributed by atoms with Crippen molar-refractivity contribution in [1.29, 1.82) is 0 Å². The molecule has 0 bridgehead atoms. The summed E-state index contributed by atoms with van der Waals surface area (Å²) >= 11 is 1.39. The zero-order valence-electron chi connectivity index (χ0n) is 11.7. The average molecular weight is 311 g/mol. The second kappa shape index (κ2) is 8.01. The van der Waals surface area contributed by atoms with E-state index in [1.165, 1.54) is 30.1 Å². The molecule has 0 aliphatic carbocycles. The molecule has 2 N–H and O–H groups in total. The van der Waals surface area contributed by atoms with Gasteiger partial charge in [-0.05, 0) is 23.3 Å². The molecule has 2 rings (SSSR count). The van der Waals surface area contributed by atoms with Crippen molar-refractivity contribution in [3.8, 4) is 12.3 Å². The zero-order valence-corrected chi connectivity index (χ0v) is 12.6. The Morgan fingerprint density at radius 2 is 2.05 bits per heavy atom. The van der Waals surface area contributed by atoms with Crippen molar-refractivity contribution in [2.24, 2.45) is 15.9 Å². The average Bonchev–Trinajstić information content (AvgIpc) is 2.54. The van der Waals surface area contributed by atoms with E-state index in [-0.39, 0.29) is 5.56 Å². The molecule has 2 aromatic carbocycles. The van der Waals surface area contributed by atoms with Crippen LogP contribution in [-0.2, 0) is 5.75 Å². The molecule has 0 atom stereocenters. The van der Waals surface area contributed by atoms with Crippen LogP contribution in [0.4, 0.5) is 4.39 Å². The fourth-order valence-corrected chi connectivity index (χ4v) is 2.25. The first kappa shape index (κ1) is 15.8. The number of rotatable bonds is 4. The van der Waals surface area contributed by atoms with Crippen LogP contribution in [0.15, 0.2) is 58.7 Å². The van der Waals surface area contributed by atoms with Crippen LogP contribution >= 0.6 is 11.8 Å². The summed E-state index contributed by atoms with van der Waals surface area (Å²) in [4.78, 5) is 0. The predicted octanol–water partition coefficient (Wildman–Crippen LogP) is 3.39. The summed E-state index contributed by atoms with van der Waals surface area (Å²) < 4.78 is 13.5. The van der Waals surface area contributed by atoms with Gasteiger partial charge in [0.15, 0.2) is 5.17 Å². The third kappa shape index (κ3) is 4.76. The van der Waals surface area contributed by atoms with Gasteiger partial charge in [0.25, 0.3) is 0 Å². The minimum absolute atomic E-state index is 0.221. The molecule has 0 aliphatic heterocycles. The van der Waals surface area contributed by atoms with Crippen molar-refractivity contribution in [3.05, 3.63) is 71.0 Å². The van der Waals surface area contributed by atoms with E-state index in [4.69, 9.17) is 12.2 Å². The standard InChI is InChI=1S/C17H14FN3S/c1-2-15-9-8-14(10-16(15)18)11-20-21-17(19)22-12-13-6-4-3-5-7-13/h1,3-11H,12H2,(H2,19,21). The molecule has 0 aliphatic rings. The summed E-state index contributed by atoms with van der Waals surface area (Å²) in [6.07, 6.45) is 6.59. The molecule has 0 heterocycles. The number of thioether (sulfide) groups is 1. The largest absolute Gasteiger partial charge is 0.377 e. The smallest absolute Gasteiger partial charge is 0.180 e. The van der Waals surface area contributed by atoms with Gasteiger partial charge >= 0.3 is 0 Å². The van der Waals surface area contributed by atoms with E-state index in [1.54, 1.807) is 6.07 Å². The Bertz CT molecular complexity index is 733. The van der Waals surface area contributed by atoms with E-state index in [0.29, 0.717) is 10.7 Å². The van der Waals surface area contributed by atoms with E-state index < -0.39 is 5.82 Å². The summed E-state index contributed by atoms with van der Waals surface area (Å²) in [5, 5.41) is 8.07. The number of amidine groups is 1. The lowest BCUT2D eigenvalue weighted by Gasteiger charge is -1.99. The van der Waals surface area contributed by atoms with Crippen LogP contribution in [-0.4, -0.2) is 11.4 Å². The Hall–Kier alpha value is -2.58. The summed E-state index contributed by atoms with van der Waals surface area (Å²) in [6.45, 7) is 0. The summed E-state index contributed by atoms with van der Waals surface area (Å²) in [6, 6.07) is 14.4. The number of hydrogen-bond donors (Lipinski definition) is 1. The molecule has 110 valence electrons. The highest BCUT2D eigenvalue weighted by Crippen LogP contribution is 2.11. The Balaban J connectivity index is 1.93. The lowest BCUT2D eigenvalue weighted by molar-refractivity contribution is 0.624. The highest BCUT2D eigenvalue weighted by atomic mass is 32.2. The van der Waals surface area contributed by atoms with Crippen molar-refractivity contribution in [1.82, 2.24) is 0 Å². The van der Waals surface area contributed by atoms with E-state index in [0.717, 1.165) is 11.3 Å². The SMILES string of the molecule is C#Cc1ccc(C=NN=C(N)SCc2ccccc2)cc1F. The van der Waals surface area contributed by atoms with E-state index in [2.05, 4.69) is 16.1 Å². The Morgan fingerprint density at radius 3 is 2.73 bits per heavy atom. The molecule has 22 heavy (non-hydrogen) atoms. The number of nitrogens with zero attached hydrogens (tertiary/aromatic N) is 2. The minimum Gasteiger partial charge on any atom is -0.377 e. The molecular weight excluding hydrogens is 297 g/mol. The highest BCUT2D eigenvalue weighted by Gasteiger charge is 1.99. The molecule has 0 fully saturated rings. The Kier molecular flexibility index (Phi) is 5.75. The highest BCUT2D eigenvalue weighted by molar-refractivity contribution is 8.13. The van der Waals surface area contributed by atoms with E-state index in [9.17, 15) is 4.39 Å². The fourth-order valence-electron chi connectivity index (χ4n) is 1.64. The summed E-state index contributed by atoms with van der Waals surface area (Å²) in [5.41, 5.74) is 7.71. The molecule has 5 heteroatoms. The second-order valence-electron chi connectivity index (χ2n) is 4.34. The quantitative estimate of drug-likeness (QED) is 0.407. The van der Waals surface area contributed by atoms with Crippen LogP contribution < -0.4 is 5.73 Å². The normalized spacial score (nSPS) is 11.5. The Morgan fingerprint density at radius 1 is 1.27 bits per heavy atom. The van der Waals surface area contributed by atoms with Crippen molar-refractivity contribution in [2.75, 3.05) is 0 Å². The van der Waals surface area contributed by atoms with Gasteiger partial charge in [-0.15, -0.1) is 11.5 Å². The van der Waals surface area contributed by atoms with Gasteiger partial charge < -0.3 is 5.73 Å². The van der Waals surface area contributed by atoms with Crippen molar-refractivity contribution in [3.63, 3.8) is 0 Å². The number of halogens is 1. The molecule has 0 saturated heterocycles. The number of terminal acetylenes is 1. The third-order valence-electron chi connectivity index (χ3n) is 2.74. The summed E-state index contributed by atoms with van der Waals surface area (Å²) in [5.74, 6) is 2.52. The van der Waals surface area contributed by atoms with E-state index >= 15 is 0 Å². The van der Waals surface area contributed by atoms with Crippen LogP contribution in [0.1, 0.15) is 16.7 Å². The van der Waals surface area contributed by atoms with Crippen LogP contribution in [0.5, 0.6) is 0 Å². The second-order valence-corrected chi connectivity index (χ2v) is 5.34. The third-order valence-corrected chi connectivity index (χ3v) is 3.60. The van der Waals surface area contributed by atoms with Crippen LogP contribution in [0.2, 0.25) is 0 Å². The first-order valence-electron chi connectivity index (χ1n) is 6.48. The molecule has 0 aromatic heterocycles. The molecule has 0 amide bonds. The lowest BCUT2D eigenvalue weighted by atomic mass is 10.1. The predicted molar refractivity (Wildman–Crippen MR) is 91.3 cm³/mol. The fraction of sp³-hybridized carbons (Fsp3) is 0.0588. The maximum absolute atomic E-state index is 13.5. The monoisotopic (exact) mass is 311 g/mol. The van der Waals surface area contributed by atoms with Gasteiger partial charge in [-0.3, -0.25) is 0 Å². The van der Waals surface area contributed by atoms with Gasteiger partial charge in [-0.1, -0.05) is 54.1 Å². The summed E-state index contributed by atoms with van der Waals surface area (Å²) in [7, 11) is 0. The van der Waals surface area contributed by atoms with Gasteiger partial charge in [0.1, 0.15) is 5.82 Å². The first-order valence-corrected chi connectivity index (χ1v) is 7.47. The van der Waals surface area contributed by atoms with Crippen molar-refractivity contribution in [2.45, 2.75) is 5.75 Å². The molecule has 0 radical (unpaired) electrons. The molecule has 3 nitrogen and oxygen atoms in total. The number of nitrogens with two attached hydrogens (primary N) is 1.